The van der Waals surface area contributed by atoms with Gasteiger partial charge in [0.05, 0.1) is 41.8 Å². The maximum atomic E-state index is 4.98. The fraction of sp³-hybridized carbons (Fsp3) is 0.320. The second-order valence-electron chi connectivity index (χ2n) is 8.56. The van der Waals surface area contributed by atoms with Crippen molar-refractivity contribution in [3.8, 4) is 22.5 Å². The summed E-state index contributed by atoms with van der Waals surface area (Å²) in [4.78, 5) is 16.3. The zero-order valence-corrected chi connectivity index (χ0v) is 18.6. The van der Waals surface area contributed by atoms with Crippen LogP contribution in [0.5, 0.6) is 0 Å². The van der Waals surface area contributed by atoms with Crippen LogP contribution in [0.3, 0.4) is 0 Å². The molecule has 0 unspecified atom stereocenters. The number of hydrogen-bond acceptors (Lipinski definition) is 4. The highest BCUT2D eigenvalue weighted by Gasteiger charge is 2.25. The number of benzene rings is 1. The third-order valence-corrected chi connectivity index (χ3v) is 6.18. The molecule has 3 aromatic heterocycles. The summed E-state index contributed by atoms with van der Waals surface area (Å²) < 4.78 is 4.41. The third-order valence-electron chi connectivity index (χ3n) is 6.18. The number of nitrogens with zero attached hydrogens (tertiary/aromatic N) is 6. The maximum absolute atomic E-state index is 4.98. The van der Waals surface area contributed by atoms with Crippen LogP contribution in [0.2, 0.25) is 0 Å². The first-order chi connectivity index (χ1) is 15.0. The lowest BCUT2D eigenvalue weighted by Gasteiger charge is -2.31. The van der Waals surface area contributed by atoms with Gasteiger partial charge in [-0.2, -0.15) is 0 Å². The second-order valence-corrected chi connectivity index (χ2v) is 8.56. The van der Waals surface area contributed by atoms with Crippen molar-refractivity contribution < 1.29 is 0 Å². The van der Waals surface area contributed by atoms with Gasteiger partial charge in [-0.15, -0.1) is 0 Å². The van der Waals surface area contributed by atoms with Crippen molar-refractivity contribution in [2.45, 2.75) is 39.8 Å². The fourth-order valence-electron chi connectivity index (χ4n) is 4.54. The summed E-state index contributed by atoms with van der Waals surface area (Å²) in [7, 11) is 2.02. The Morgan fingerprint density at radius 1 is 1.03 bits per heavy atom. The summed E-state index contributed by atoms with van der Waals surface area (Å²) >= 11 is 0. The van der Waals surface area contributed by atoms with Crippen LogP contribution in [0, 0.1) is 6.92 Å². The number of imidazole rings is 2. The molecule has 0 bridgehead atoms. The van der Waals surface area contributed by atoms with E-state index in [1.807, 2.05) is 36.4 Å². The maximum Gasteiger partial charge on any atom is 0.106 e. The van der Waals surface area contributed by atoms with Gasteiger partial charge in [0.2, 0.25) is 0 Å². The van der Waals surface area contributed by atoms with Gasteiger partial charge in [0.15, 0.2) is 0 Å². The normalized spacial score (nSPS) is 13.6. The number of rotatable bonds is 4. The van der Waals surface area contributed by atoms with Crippen molar-refractivity contribution in [1.29, 1.82) is 0 Å². The second kappa shape index (κ2) is 7.69. The van der Waals surface area contributed by atoms with Crippen LogP contribution in [0.1, 0.15) is 37.0 Å². The molecule has 4 heterocycles. The van der Waals surface area contributed by atoms with E-state index in [9.17, 15) is 0 Å². The molecular weight excluding hydrogens is 384 g/mol. The van der Waals surface area contributed by atoms with E-state index in [0.29, 0.717) is 5.92 Å². The van der Waals surface area contributed by atoms with Gasteiger partial charge >= 0.3 is 0 Å². The Labute approximate surface area is 183 Å². The Hall–Kier alpha value is -3.41. The topological polar surface area (TPSA) is 51.8 Å². The van der Waals surface area contributed by atoms with Crippen LogP contribution < -0.4 is 4.90 Å². The molecule has 0 spiro atoms. The van der Waals surface area contributed by atoms with E-state index in [4.69, 9.17) is 4.98 Å². The molecular formula is C25H28N6. The van der Waals surface area contributed by atoms with E-state index in [0.717, 1.165) is 48.1 Å². The smallest absolute Gasteiger partial charge is 0.106 e. The Kier molecular flexibility index (Phi) is 4.85. The van der Waals surface area contributed by atoms with Crippen LogP contribution in [0.15, 0.2) is 55.1 Å². The first kappa shape index (κ1) is 19.5. The molecule has 158 valence electrons. The fourth-order valence-corrected chi connectivity index (χ4v) is 4.54. The minimum absolute atomic E-state index is 0.355. The first-order valence-corrected chi connectivity index (χ1v) is 10.9. The van der Waals surface area contributed by atoms with E-state index >= 15 is 0 Å². The number of aryl methyl sites for hydroxylation is 2. The Bertz CT molecular complexity index is 1220. The highest BCUT2D eigenvalue weighted by Crippen LogP contribution is 2.34. The predicted octanol–water partition coefficient (Wildman–Crippen LogP) is 4.80. The molecule has 0 saturated heterocycles. The van der Waals surface area contributed by atoms with Gasteiger partial charge in [-0.3, -0.25) is 4.98 Å². The van der Waals surface area contributed by atoms with Crippen LogP contribution in [-0.4, -0.2) is 30.6 Å². The Balaban J connectivity index is 1.48. The molecule has 4 aromatic rings. The molecule has 1 aliphatic heterocycles. The summed E-state index contributed by atoms with van der Waals surface area (Å²) in [5.74, 6) is 1.43. The van der Waals surface area contributed by atoms with Crippen molar-refractivity contribution in [3.63, 3.8) is 0 Å². The summed E-state index contributed by atoms with van der Waals surface area (Å²) in [5.41, 5.74) is 8.15. The number of aromatic nitrogens is 5. The molecule has 0 radical (unpaired) electrons. The largest absolute Gasteiger partial charge is 0.364 e. The average Bonchev–Trinajstić information content (AvgIpc) is 3.36. The third kappa shape index (κ3) is 3.42. The summed E-state index contributed by atoms with van der Waals surface area (Å²) in [6, 6.07) is 13.0. The number of fused-ring (bicyclic) bond motifs is 1. The van der Waals surface area contributed by atoms with E-state index in [1.165, 1.54) is 16.9 Å². The minimum Gasteiger partial charge on any atom is -0.364 e. The van der Waals surface area contributed by atoms with Gasteiger partial charge < -0.3 is 14.0 Å². The SMILES string of the molecule is Cc1nc(-c2cccnc2C(C)C)c2n1CCN(c1ccc(-c3cncn3C)cc1)C2. The highest BCUT2D eigenvalue weighted by molar-refractivity contribution is 5.67. The van der Waals surface area contributed by atoms with Crippen molar-refractivity contribution in [3.05, 3.63) is 72.3 Å². The van der Waals surface area contributed by atoms with E-state index in [-0.39, 0.29) is 0 Å². The molecule has 1 aromatic carbocycles. The Morgan fingerprint density at radius 2 is 1.84 bits per heavy atom. The molecule has 6 nitrogen and oxygen atoms in total. The highest BCUT2D eigenvalue weighted by atomic mass is 15.2. The zero-order valence-electron chi connectivity index (χ0n) is 18.6. The van der Waals surface area contributed by atoms with Gasteiger partial charge in [-0.25, -0.2) is 9.97 Å². The van der Waals surface area contributed by atoms with Crippen molar-refractivity contribution in [2.75, 3.05) is 11.4 Å². The molecule has 1 aliphatic rings. The molecule has 0 atom stereocenters. The zero-order chi connectivity index (χ0) is 21.5. The molecule has 6 heteroatoms. The Morgan fingerprint density at radius 3 is 2.55 bits per heavy atom. The van der Waals surface area contributed by atoms with Crippen LogP contribution in [0.4, 0.5) is 5.69 Å². The lowest BCUT2D eigenvalue weighted by atomic mass is 10.00. The van der Waals surface area contributed by atoms with Gasteiger partial charge in [0.25, 0.3) is 0 Å². The van der Waals surface area contributed by atoms with Crippen LogP contribution in [-0.2, 0) is 20.1 Å². The standard InChI is InChI=1S/C25H28N6/c1-17(2)24-21(6-5-11-27-24)25-23-15-30(12-13-31(23)18(3)28-25)20-9-7-19(8-10-20)22-14-26-16-29(22)4/h5-11,14,16-17H,12-13,15H2,1-4H3. The molecule has 0 amide bonds. The summed E-state index contributed by atoms with van der Waals surface area (Å²) in [5, 5.41) is 0. The van der Waals surface area contributed by atoms with Crippen molar-refractivity contribution in [1.82, 2.24) is 24.1 Å². The van der Waals surface area contributed by atoms with E-state index < -0.39 is 0 Å². The molecule has 0 saturated carbocycles. The predicted molar refractivity (Wildman–Crippen MR) is 124 cm³/mol. The monoisotopic (exact) mass is 412 g/mol. The van der Waals surface area contributed by atoms with Crippen LogP contribution in [0.25, 0.3) is 22.5 Å². The first-order valence-electron chi connectivity index (χ1n) is 10.9. The number of anilines is 1. The average molecular weight is 413 g/mol. The summed E-state index contributed by atoms with van der Waals surface area (Å²) in [6.45, 7) is 9.24. The molecule has 0 aliphatic carbocycles. The molecule has 31 heavy (non-hydrogen) atoms. The molecule has 0 fully saturated rings. The summed E-state index contributed by atoms with van der Waals surface area (Å²) in [6.07, 6.45) is 5.62. The van der Waals surface area contributed by atoms with E-state index in [2.05, 4.69) is 70.5 Å². The number of pyridine rings is 1. The molecule has 5 rings (SSSR count). The van der Waals surface area contributed by atoms with Crippen LogP contribution >= 0.6 is 0 Å². The van der Waals surface area contributed by atoms with Crippen molar-refractivity contribution >= 4 is 5.69 Å². The van der Waals surface area contributed by atoms with Gasteiger partial charge in [0.1, 0.15) is 5.82 Å². The quantitative estimate of drug-likeness (QED) is 0.483. The van der Waals surface area contributed by atoms with Gasteiger partial charge in [-0.1, -0.05) is 26.0 Å². The number of hydrogen-bond donors (Lipinski definition) is 0. The lowest BCUT2D eigenvalue weighted by molar-refractivity contribution is 0.560. The minimum atomic E-state index is 0.355. The van der Waals surface area contributed by atoms with Gasteiger partial charge in [0, 0.05) is 37.6 Å². The molecule has 0 N–H and O–H groups in total. The van der Waals surface area contributed by atoms with E-state index in [1.54, 1.807) is 0 Å². The van der Waals surface area contributed by atoms with Gasteiger partial charge in [-0.05, 0) is 42.7 Å². The van der Waals surface area contributed by atoms with Crippen molar-refractivity contribution in [2.24, 2.45) is 7.05 Å². The lowest BCUT2D eigenvalue weighted by Crippen LogP contribution is -2.34.